The van der Waals surface area contributed by atoms with Gasteiger partial charge < -0.3 is 4.90 Å². The van der Waals surface area contributed by atoms with E-state index in [0.29, 0.717) is 10.9 Å². The molecule has 1 aliphatic rings. The maximum absolute atomic E-state index is 13.2. The van der Waals surface area contributed by atoms with Crippen LogP contribution in [-0.4, -0.2) is 24.7 Å². The molecule has 0 spiro atoms. The summed E-state index contributed by atoms with van der Waals surface area (Å²) in [5, 5.41) is 4.55. The number of halogens is 2. The van der Waals surface area contributed by atoms with Gasteiger partial charge in [-0.15, -0.1) is 0 Å². The fraction of sp³-hybridized carbons (Fsp3) is 0.333. The Morgan fingerprint density at radius 3 is 2.81 bits per heavy atom. The lowest BCUT2D eigenvalue weighted by Crippen LogP contribution is -2.45. The molecule has 0 aliphatic carbocycles. The zero-order valence-electron chi connectivity index (χ0n) is 15.9. The van der Waals surface area contributed by atoms with Crippen LogP contribution in [0.2, 0.25) is 5.02 Å². The highest BCUT2D eigenvalue weighted by molar-refractivity contribution is 6.33. The number of nitrogens with one attached hydrogen (secondary N) is 1. The summed E-state index contributed by atoms with van der Waals surface area (Å²) in [5.41, 5.74) is 5.73. The number of nitrogens with zero attached hydrogens (tertiary/aromatic N) is 2. The van der Waals surface area contributed by atoms with Crippen LogP contribution >= 0.6 is 11.6 Å². The summed E-state index contributed by atoms with van der Waals surface area (Å²) in [6.07, 6.45) is 2.55. The molecular weight excluding hydrogens is 365 g/mol. The number of hydrazone groups is 1. The number of anilines is 1. The molecule has 1 heterocycles. The van der Waals surface area contributed by atoms with Gasteiger partial charge in [-0.25, -0.2) is 9.82 Å². The van der Waals surface area contributed by atoms with Crippen LogP contribution in [0, 0.1) is 5.82 Å². The average molecular weight is 388 g/mol. The van der Waals surface area contributed by atoms with Crippen molar-refractivity contribution < 1.29 is 9.18 Å². The van der Waals surface area contributed by atoms with E-state index in [0.717, 1.165) is 23.7 Å². The predicted molar refractivity (Wildman–Crippen MR) is 108 cm³/mol. The van der Waals surface area contributed by atoms with Gasteiger partial charge in [0.15, 0.2) is 0 Å². The molecule has 0 bridgehead atoms. The summed E-state index contributed by atoms with van der Waals surface area (Å²) in [6, 6.07) is 9.42. The van der Waals surface area contributed by atoms with Crippen molar-refractivity contribution in [3.63, 3.8) is 0 Å². The summed E-state index contributed by atoms with van der Waals surface area (Å²) in [7, 11) is 2.08. The lowest BCUT2D eigenvalue weighted by Gasteiger charge is -2.45. The van der Waals surface area contributed by atoms with E-state index < -0.39 is 11.7 Å². The Bertz CT molecular complexity index is 910. The molecule has 0 saturated heterocycles. The Hall–Kier alpha value is -2.40. The first kappa shape index (κ1) is 19.4. The molecule has 1 aliphatic heterocycles. The molecule has 0 radical (unpaired) electrons. The first-order chi connectivity index (χ1) is 12.7. The third kappa shape index (κ3) is 3.98. The minimum absolute atomic E-state index is 0.0598. The first-order valence-electron chi connectivity index (χ1n) is 8.85. The van der Waals surface area contributed by atoms with Crippen molar-refractivity contribution in [1.29, 1.82) is 0 Å². The monoisotopic (exact) mass is 387 g/mol. The largest absolute Gasteiger partial charge is 0.369 e. The van der Waals surface area contributed by atoms with Gasteiger partial charge in [0, 0.05) is 29.4 Å². The average Bonchev–Trinajstić information content (AvgIpc) is 2.60. The molecule has 0 unspecified atom stereocenters. The molecule has 0 saturated carbocycles. The van der Waals surface area contributed by atoms with Crippen LogP contribution < -0.4 is 10.3 Å². The fourth-order valence-corrected chi connectivity index (χ4v) is 3.76. The Balaban J connectivity index is 1.81. The van der Waals surface area contributed by atoms with Gasteiger partial charge in [-0.1, -0.05) is 24.6 Å². The summed E-state index contributed by atoms with van der Waals surface area (Å²) >= 11 is 6.44. The number of fused-ring (bicyclic) bond motifs is 1. The van der Waals surface area contributed by atoms with Gasteiger partial charge in [0.05, 0.1) is 11.2 Å². The van der Waals surface area contributed by atoms with E-state index in [4.69, 9.17) is 11.6 Å². The highest BCUT2D eigenvalue weighted by atomic mass is 35.5. The van der Waals surface area contributed by atoms with E-state index >= 15 is 0 Å². The van der Waals surface area contributed by atoms with Gasteiger partial charge in [-0.05, 0) is 62.1 Å². The zero-order chi connectivity index (χ0) is 19.8. The van der Waals surface area contributed by atoms with E-state index in [1.54, 1.807) is 0 Å². The molecule has 0 fully saturated rings. The van der Waals surface area contributed by atoms with E-state index in [-0.39, 0.29) is 11.1 Å². The molecule has 142 valence electrons. The molecule has 27 heavy (non-hydrogen) atoms. The Morgan fingerprint density at radius 2 is 2.11 bits per heavy atom. The molecule has 0 aromatic heterocycles. The summed E-state index contributed by atoms with van der Waals surface area (Å²) < 4.78 is 13.2. The minimum Gasteiger partial charge on any atom is -0.369 e. The quantitative estimate of drug-likeness (QED) is 0.597. The Labute approximate surface area is 164 Å². The second-order valence-corrected chi connectivity index (χ2v) is 8.03. The topological polar surface area (TPSA) is 44.7 Å². The first-order valence-corrected chi connectivity index (χ1v) is 9.23. The van der Waals surface area contributed by atoms with Crippen molar-refractivity contribution >= 4 is 29.4 Å². The van der Waals surface area contributed by atoms with Crippen molar-refractivity contribution in [1.82, 2.24) is 5.43 Å². The van der Waals surface area contributed by atoms with E-state index in [1.807, 2.05) is 12.1 Å². The number of carbonyl (C=O) groups excluding carboxylic acids is 1. The third-order valence-electron chi connectivity index (χ3n) is 5.21. The molecule has 1 N–H and O–H groups in total. The molecule has 1 amide bonds. The highest BCUT2D eigenvalue weighted by Crippen LogP contribution is 2.44. The SMILES string of the molecule is C[C@@H]1CC(C)(C)N(C)c2cc(Cl)c(/C=N\NC(=O)c3cccc(F)c3)cc21. The molecule has 2 aromatic rings. The number of benzene rings is 2. The number of hydrogen-bond acceptors (Lipinski definition) is 3. The molecule has 4 nitrogen and oxygen atoms in total. The van der Waals surface area contributed by atoms with Gasteiger partial charge in [0.25, 0.3) is 5.91 Å². The smallest absolute Gasteiger partial charge is 0.271 e. The number of rotatable bonds is 3. The van der Waals surface area contributed by atoms with Crippen LogP contribution in [-0.2, 0) is 0 Å². The van der Waals surface area contributed by atoms with Gasteiger partial charge in [-0.3, -0.25) is 4.79 Å². The molecule has 1 atom stereocenters. The van der Waals surface area contributed by atoms with Crippen LogP contribution in [0.4, 0.5) is 10.1 Å². The fourth-order valence-electron chi connectivity index (χ4n) is 3.56. The molecule has 2 aromatic carbocycles. The molecule has 6 heteroatoms. The lowest BCUT2D eigenvalue weighted by atomic mass is 9.80. The van der Waals surface area contributed by atoms with Crippen molar-refractivity contribution in [3.8, 4) is 0 Å². The van der Waals surface area contributed by atoms with Gasteiger partial charge in [0.1, 0.15) is 5.82 Å². The van der Waals surface area contributed by atoms with Crippen LogP contribution in [0.25, 0.3) is 0 Å². The normalized spacial score (nSPS) is 18.4. The predicted octanol–water partition coefficient (Wildman–Crippen LogP) is 4.97. The number of carbonyl (C=O) groups is 1. The summed E-state index contributed by atoms with van der Waals surface area (Å²) in [5.74, 6) is -0.558. The van der Waals surface area contributed by atoms with Crippen molar-refractivity contribution in [2.45, 2.75) is 38.6 Å². The summed E-state index contributed by atoms with van der Waals surface area (Å²) in [6.45, 7) is 6.64. The lowest BCUT2D eigenvalue weighted by molar-refractivity contribution is 0.0954. The minimum atomic E-state index is -0.477. The number of hydrogen-bond donors (Lipinski definition) is 1. The Kier molecular flexibility index (Phi) is 5.24. The highest BCUT2D eigenvalue weighted by Gasteiger charge is 2.34. The van der Waals surface area contributed by atoms with Crippen LogP contribution in [0.15, 0.2) is 41.5 Å². The standard InChI is InChI=1S/C21H23ClFN3O/c1-13-11-21(2,3)26(4)19-10-18(22)15(9-17(13)19)12-24-25-20(27)14-6-5-7-16(23)8-14/h5-10,12-13H,11H2,1-4H3,(H,25,27)/b24-12-/t13-/m1/s1. The summed E-state index contributed by atoms with van der Waals surface area (Å²) in [4.78, 5) is 14.3. The van der Waals surface area contributed by atoms with Gasteiger partial charge >= 0.3 is 0 Å². The van der Waals surface area contributed by atoms with E-state index in [9.17, 15) is 9.18 Å². The maximum Gasteiger partial charge on any atom is 0.271 e. The Morgan fingerprint density at radius 1 is 1.37 bits per heavy atom. The maximum atomic E-state index is 13.2. The van der Waals surface area contributed by atoms with Crippen molar-refractivity contribution in [2.75, 3.05) is 11.9 Å². The molecule has 3 rings (SSSR count). The van der Waals surface area contributed by atoms with Gasteiger partial charge in [-0.2, -0.15) is 5.10 Å². The third-order valence-corrected chi connectivity index (χ3v) is 5.54. The second-order valence-electron chi connectivity index (χ2n) is 7.62. The number of amides is 1. The van der Waals surface area contributed by atoms with Crippen molar-refractivity contribution in [2.24, 2.45) is 5.10 Å². The molecular formula is C21H23ClFN3O. The second kappa shape index (κ2) is 7.31. The van der Waals surface area contributed by atoms with Crippen LogP contribution in [0.3, 0.4) is 0 Å². The zero-order valence-corrected chi connectivity index (χ0v) is 16.6. The van der Waals surface area contributed by atoms with Gasteiger partial charge in [0.2, 0.25) is 0 Å². The van der Waals surface area contributed by atoms with Crippen LogP contribution in [0.5, 0.6) is 0 Å². The van der Waals surface area contributed by atoms with Crippen LogP contribution in [0.1, 0.15) is 54.6 Å². The van der Waals surface area contributed by atoms with Crippen molar-refractivity contribution in [3.05, 3.63) is 63.9 Å². The van der Waals surface area contributed by atoms with E-state index in [1.165, 1.54) is 30.0 Å². The van der Waals surface area contributed by atoms with E-state index in [2.05, 4.69) is 43.2 Å².